The van der Waals surface area contributed by atoms with Crippen LogP contribution in [-0.4, -0.2) is 11.1 Å². The van der Waals surface area contributed by atoms with Crippen molar-refractivity contribution in [2.45, 2.75) is 64.0 Å². The molecule has 1 aromatic rings. The third-order valence-corrected chi connectivity index (χ3v) is 4.77. The van der Waals surface area contributed by atoms with E-state index in [4.69, 9.17) is 10.5 Å². The number of ether oxygens (including phenoxy) is 1. The molecule has 2 unspecified atom stereocenters. The third kappa shape index (κ3) is 2.98. The van der Waals surface area contributed by atoms with Gasteiger partial charge in [0.15, 0.2) is 0 Å². The van der Waals surface area contributed by atoms with Crippen molar-refractivity contribution in [2.75, 3.05) is 0 Å². The fourth-order valence-corrected chi connectivity index (χ4v) is 3.61. The van der Waals surface area contributed by atoms with E-state index in [-0.39, 0.29) is 11.6 Å². The highest BCUT2D eigenvalue weighted by molar-refractivity contribution is 5.30. The van der Waals surface area contributed by atoms with Crippen molar-refractivity contribution < 1.29 is 4.74 Å². The zero-order chi connectivity index (χ0) is 14.2. The van der Waals surface area contributed by atoms with Crippen LogP contribution in [0.4, 0.5) is 0 Å². The van der Waals surface area contributed by atoms with Gasteiger partial charge in [-0.2, -0.15) is 0 Å². The van der Waals surface area contributed by atoms with Crippen LogP contribution < -0.4 is 10.5 Å². The molecule has 2 aliphatic carbocycles. The van der Waals surface area contributed by atoms with Crippen molar-refractivity contribution in [2.24, 2.45) is 17.6 Å². The zero-order valence-electron chi connectivity index (χ0n) is 12.6. The van der Waals surface area contributed by atoms with Gasteiger partial charge in [-0.3, -0.25) is 4.98 Å². The van der Waals surface area contributed by atoms with Crippen LogP contribution in [0, 0.1) is 11.8 Å². The molecule has 0 aromatic carbocycles. The second kappa shape index (κ2) is 5.36. The Labute approximate surface area is 121 Å². The first-order chi connectivity index (χ1) is 9.57. The molecule has 2 aliphatic rings. The van der Waals surface area contributed by atoms with E-state index in [9.17, 15) is 0 Å². The van der Waals surface area contributed by atoms with E-state index in [0.717, 1.165) is 36.0 Å². The molecule has 0 saturated heterocycles. The number of pyridine rings is 1. The van der Waals surface area contributed by atoms with E-state index < -0.39 is 0 Å². The molecule has 20 heavy (non-hydrogen) atoms. The second-order valence-electron chi connectivity index (χ2n) is 6.93. The van der Waals surface area contributed by atoms with Crippen molar-refractivity contribution >= 4 is 0 Å². The summed E-state index contributed by atoms with van der Waals surface area (Å²) in [7, 11) is 0. The number of hydrogen-bond donors (Lipinski definition) is 1. The molecule has 0 spiro atoms. The van der Waals surface area contributed by atoms with E-state index in [1.807, 2.05) is 20.0 Å². The summed E-state index contributed by atoms with van der Waals surface area (Å²) < 4.78 is 5.76. The topological polar surface area (TPSA) is 48.1 Å². The molecular formula is C17H26N2O. The number of rotatable bonds is 4. The minimum Gasteiger partial charge on any atom is -0.489 e. The van der Waals surface area contributed by atoms with Gasteiger partial charge in [-0.25, -0.2) is 0 Å². The first-order valence-electron chi connectivity index (χ1n) is 7.98. The molecule has 110 valence electrons. The van der Waals surface area contributed by atoms with Crippen molar-refractivity contribution in [1.82, 2.24) is 4.98 Å². The maximum absolute atomic E-state index is 6.74. The minimum absolute atomic E-state index is 0.173. The maximum Gasteiger partial charge on any atom is 0.138 e. The van der Waals surface area contributed by atoms with Gasteiger partial charge < -0.3 is 10.5 Å². The monoisotopic (exact) mass is 274 g/mol. The van der Waals surface area contributed by atoms with Gasteiger partial charge in [0.05, 0.1) is 12.3 Å². The molecule has 0 bridgehead atoms. The Morgan fingerprint density at radius 1 is 1.25 bits per heavy atom. The molecular weight excluding hydrogens is 248 g/mol. The summed E-state index contributed by atoms with van der Waals surface area (Å²) in [6, 6.07) is 2.10. The van der Waals surface area contributed by atoms with Crippen LogP contribution in [0.2, 0.25) is 0 Å². The highest BCUT2D eigenvalue weighted by Crippen LogP contribution is 2.48. The van der Waals surface area contributed by atoms with E-state index >= 15 is 0 Å². The predicted molar refractivity (Wildman–Crippen MR) is 80.5 cm³/mol. The van der Waals surface area contributed by atoms with Crippen molar-refractivity contribution in [1.29, 1.82) is 0 Å². The Hall–Kier alpha value is -1.09. The zero-order valence-corrected chi connectivity index (χ0v) is 12.6. The minimum atomic E-state index is -0.200. The lowest BCUT2D eigenvalue weighted by molar-refractivity contribution is 0.204. The second-order valence-corrected chi connectivity index (χ2v) is 6.93. The molecule has 0 amide bonds. The van der Waals surface area contributed by atoms with Crippen LogP contribution in [0.25, 0.3) is 0 Å². The SMILES string of the molecule is CC(C)Oc1cncc(C2(N)CCCC(C3CC3)C2)c1. The molecule has 3 heteroatoms. The smallest absolute Gasteiger partial charge is 0.138 e. The lowest BCUT2D eigenvalue weighted by Crippen LogP contribution is -2.42. The summed E-state index contributed by atoms with van der Waals surface area (Å²) in [5, 5.41) is 0. The summed E-state index contributed by atoms with van der Waals surface area (Å²) >= 11 is 0. The Kier molecular flexibility index (Phi) is 3.72. The van der Waals surface area contributed by atoms with Gasteiger partial charge in [0.1, 0.15) is 5.75 Å². The first kappa shape index (κ1) is 13.9. The van der Waals surface area contributed by atoms with Crippen LogP contribution in [0.1, 0.15) is 57.9 Å². The molecule has 2 atom stereocenters. The Morgan fingerprint density at radius 3 is 2.75 bits per heavy atom. The normalized spacial score (nSPS) is 30.5. The number of nitrogens with two attached hydrogens (primary N) is 1. The van der Waals surface area contributed by atoms with Gasteiger partial charge in [-0.15, -0.1) is 0 Å². The van der Waals surface area contributed by atoms with Crippen LogP contribution >= 0.6 is 0 Å². The summed E-state index contributed by atoms with van der Waals surface area (Å²) in [6.07, 6.45) is 11.5. The van der Waals surface area contributed by atoms with Gasteiger partial charge in [0.2, 0.25) is 0 Å². The lowest BCUT2D eigenvalue weighted by atomic mass is 9.71. The largest absolute Gasteiger partial charge is 0.489 e. The number of aromatic nitrogens is 1. The number of nitrogens with zero attached hydrogens (tertiary/aromatic N) is 1. The fraction of sp³-hybridized carbons (Fsp3) is 0.706. The summed E-state index contributed by atoms with van der Waals surface area (Å²) in [4.78, 5) is 4.34. The molecule has 0 aliphatic heterocycles. The molecule has 1 aromatic heterocycles. The molecule has 1 heterocycles. The highest BCUT2D eigenvalue weighted by atomic mass is 16.5. The van der Waals surface area contributed by atoms with Gasteiger partial charge in [0, 0.05) is 11.7 Å². The van der Waals surface area contributed by atoms with Gasteiger partial charge in [0.25, 0.3) is 0 Å². The predicted octanol–water partition coefficient (Wildman–Crippen LogP) is 3.62. The van der Waals surface area contributed by atoms with Crippen molar-refractivity contribution in [3.05, 3.63) is 24.0 Å². The maximum atomic E-state index is 6.74. The standard InChI is InChI=1S/C17H26N2O/c1-12(2)20-16-8-15(10-19-11-16)17(18)7-3-4-14(9-17)13-5-6-13/h8,10-14H,3-7,9,18H2,1-2H3. The molecule has 2 N–H and O–H groups in total. The Balaban J connectivity index is 1.79. The van der Waals surface area contributed by atoms with Crippen LogP contribution in [0.3, 0.4) is 0 Å². The van der Waals surface area contributed by atoms with Gasteiger partial charge in [-0.05, 0) is 63.0 Å². The average molecular weight is 274 g/mol. The van der Waals surface area contributed by atoms with E-state index in [1.54, 1.807) is 6.20 Å². The molecule has 3 nitrogen and oxygen atoms in total. The fourth-order valence-electron chi connectivity index (χ4n) is 3.61. The van der Waals surface area contributed by atoms with E-state index in [2.05, 4.69) is 11.1 Å². The van der Waals surface area contributed by atoms with Crippen molar-refractivity contribution in [3.63, 3.8) is 0 Å². The lowest BCUT2D eigenvalue weighted by Gasteiger charge is -2.38. The average Bonchev–Trinajstić information content (AvgIpc) is 3.22. The van der Waals surface area contributed by atoms with Gasteiger partial charge >= 0.3 is 0 Å². The number of hydrogen-bond acceptors (Lipinski definition) is 3. The Morgan fingerprint density at radius 2 is 2.05 bits per heavy atom. The molecule has 2 fully saturated rings. The molecule has 0 radical (unpaired) electrons. The summed E-state index contributed by atoms with van der Waals surface area (Å²) in [6.45, 7) is 4.07. The third-order valence-electron chi connectivity index (χ3n) is 4.77. The van der Waals surface area contributed by atoms with Crippen LogP contribution in [-0.2, 0) is 5.54 Å². The van der Waals surface area contributed by atoms with Gasteiger partial charge in [-0.1, -0.05) is 12.8 Å². The molecule has 2 saturated carbocycles. The summed E-state index contributed by atoms with van der Waals surface area (Å²) in [5.41, 5.74) is 7.69. The first-order valence-corrected chi connectivity index (χ1v) is 7.98. The van der Waals surface area contributed by atoms with Crippen LogP contribution in [0.15, 0.2) is 18.5 Å². The van der Waals surface area contributed by atoms with Crippen molar-refractivity contribution in [3.8, 4) is 5.75 Å². The quantitative estimate of drug-likeness (QED) is 0.912. The van der Waals surface area contributed by atoms with E-state index in [1.165, 1.54) is 25.7 Å². The molecule has 3 rings (SSSR count). The highest BCUT2D eigenvalue weighted by Gasteiger charge is 2.41. The Bertz CT molecular complexity index is 470. The van der Waals surface area contributed by atoms with E-state index in [0.29, 0.717) is 0 Å². The summed E-state index contributed by atoms with van der Waals surface area (Å²) in [5.74, 6) is 2.61. The van der Waals surface area contributed by atoms with Crippen LogP contribution in [0.5, 0.6) is 5.75 Å².